The molecule has 0 aromatic heterocycles. The van der Waals surface area contributed by atoms with Crippen LogP contribution in [0.15, 0.2) is 24.3 Å². The van der Waals surface area contributed by atoms with Crippen molar-refractivity contribution in [1.82, 2.24) is 0 Å². The fourth-order valence-corrected chi connectivity index (χ4v) is 3.04. The van der Waals surface area contributed by atoms with Gasteiger partial charge in [-0.05, 0) is 105 Å². The minimum atomic E-state index is 1.17. The number of benzene rings is 2. The van der Waals surface area contributed by atoms with E-state index in [1.807, 2.05) is 0 Å². The third-order valence-corrected chi connectivity index (χ3v) is 4.90. The van der Waals surface area contributed by atoms with Gasteiger partial charge in [0.2, 0.25) is 0 Å². The van der Waals surface area contributed by atoms with E-state index in [0.717, 1.165) is 0 Å². The largest absolute Gasteiger partial charge is 0.0558 e. The average molecular weight is 280 g/mol. The first-order chi connectivity index (χ1) is 9.88. The Kier molecular flexibility index (Phi) is 4.88. The lowest BCUT2D eigenvalue weighted by atomic mass is 9.95. The van der Waals surface area contributed by atoms with Crippen LogP contribution in [0.4, 0.5) is 0 Å². The van der Waals surface area contributed by atoms with Gasteiger partial charge in [0.05, 0.1) is 0 Å². The average Bonchev–Trinajstić information content (AvgIpc) is 2.42. The molecular weight excluding hydrogens is 252 g/mol. The molecule has 112 valence electrons. The van der Waals surface area contributed by atoms with Crippen LogP contribution in [-0.4, -0.2) is 0 Å². The summed E-state index contributed by atoms with van der Waals surface area (Å²) in [5.41, 5.74) is 11.5. The zero-order chi connectivity index (χ0) is 15.6. The van der Waals surface area contributed by atoms with Crippen LogP contribution in [0.3, 0.4) is 0 Å². The lowest BCUT2D eigenvalue weighted by Crippen LogP contribution is -1.96. The summed E-state index contributed by atoms with van der Waals surface area (Å²) in [4.78, 5) is 0. The minimum absolute atomic E-state index is 1.17. The Bertz CT molecular complexity index is 544. The number of rotatable bonds is 4. The van der Waals surface area contributed by atoms with Gasteiger partial charge < -0.3 is 0 Å². The van der Waals surface area contributed by atoms with Crippen molar-refractivity contribution in [3.8, 4) is 0 Å². The summed E-state index contributed by atoms with van der Waals surface area (Å²) >= 11 is 0. The minimum Gasteiger partial charge on any atom is -0.0558 e. The lowest BCUT2D eigenvalue weighted by molar-refractivity contribution is 0.816. The van der Waals surface area contributed by atoms with Crippen molar-refractivity contribution in [2.75, 3.05) is 0 Å². The van der Waals surface area contributed by atoms with E-state index >= 15 is 0 Å². The van der Waals surface area contributed by atoms with E-state index in [4.69, 9.17) is 0 Å². The predicted molar refractivity (Wildman–Crippen MR) is 93.3 cm³/mol. The van der Waals surface area contributed by atoms with E-state index in [9.17, 15) is 0 Å². The summed E-state index contributed by atoms with van der Waals surface area (Å²) in [5, 5.41) is 0. The highest BCUT2D eigenvalue weighted by Gasteiger charge is 2.04. The molecule has 0 saturated heterocycles. The number of hydrogen-bond donors (Lipinski definition) is 0. The molecule has 0 saturated carbocycles. The van der Waals surface area contributed by atoms with Gasteiger partial charge in [0.1, 0.15) is 0 Å². The van der Waals surface area contributed by atoms with Crippen molar-refractivity contribution in [3.05, 3.63) is 68.8 Å². The lowest BCUT2D eigenvalue weighted by Gasteiger charge is -2.11. The molecule has 0 heterocycles. The zero-order valence-electron chi connectivity index (χ0n) is 14.4. The van der Waals surface area contributed by atoms with Crippen molar-refractivity contribution in [3.63, 3.8) is 0 Å². The van der Waals surface area contributed by atoms with Gasteiger partial charge in [0, 0.05) is 0 Å². The standard InChI is InChI=1S/C21H28/c1-14-10-20(11-15(2)18(14)5)8-7-9-21-12-16(3)19(6)17(4)13-21/h10-13H,7-9H2,1-6H3. The summed E-state index contributed by atoms with van der Waals surface area (Å²) in [6.45, 7) is 13.3. The SMILES string of the molecule is Cc1cc(CCCc2cc(C)c(C)c(C)c2)cc(C)c1C. The third-order valence-electron chi connectivity index (χ3n) is 4.90. The summed E-state index contributed by atoms with van der Waals surface area (Å²) in [5.74, 6) is 0. The maximum absolute atomic E-state index is 2.36. The normalized spacial score (nSPS) is 11.0. The van der Waals surface area contributed by atoms with Crippen molar-refractivity contribution >= 4 is 0 Å². The highest BCUT2D eigenvalue weighted by atomic mass is 14.1. The third kappa shape index (κ3) is 3.75. The quantitative estimate of drug-likeness (QED) is 0.672. The molecule has 0 fully saturated rings. The fraction of sp³-hybridized carbons (Fsp3) is 0.429. The predicted octanol–water partition coefficient (Wildman–Crippen LogP) is 5.71. The van der Waals surface area contributed by atoms with Gasteiger partial charge in [-0.25, -0.2) is 0 Å². The van der Waals surface area contributed by atoms with Crippen molar-refractivity contribution in [2.45, 2.75) is 60.8 Å². The van der Waals surface area contributed by atoms with E-state index in [1.165, 1.54) is 63.8 Å². The van der Waals surface area contributed by atoms with E-state index in [1.54, 1.807) is 0 Å². The molecule has 0 atom stereocenters. The molecule has 0 nitrogen and oxygen atoms in total. The van der Waals surface area contributed by atoms with Gasteiger partial charge in [-0.3, -0.25) is 0 Å². The Morgan fingerprint density at radius 2 is 0.810 bits per heavy atom. The van der Waals surface area contributed by atoms with Gasteiger partial charge in [-0.2, -0.15) is 0 Å². The van der Waals surface area contributed by atoms with Gasteiger partial charge >= 0.3 is 0 Å². The first kappa shape index (κ1) is 15.8. The summed E-state index contributed by atoms with van der Waals surface area (Å²) in [6.07, 6.45) is 3.58. The van der Waals surface area contributed by atoms with E-state index in [-0.39, 0.29) is 0 Å². The first-order valence-electron chi connectivity index (χ1n) is 8.02. The van der Waals surface area contributed by atoms with Crippen LogP contribution in [0, 0.1) is 41.5 Å². The van der Waals surface area contributed by atoms with Crippen molar-refractivity contribution in [1.29, 1.82) is 0 Å². The highest BCUT2D eigenvalue weighted by molar-refractivity contribution is 5.38. The second-order valence-corrected chi connectivity index (χ2v) is 6.56. The molecule has 0 radical (unpaired) electrons. The zero-order valence-corrected chi connectivity index (χ0v) is 14.4. The molecular formula is C21H28. The molecule has 0 spiro atoms. The van der Waals surface area contributed by atoms with Crippen LogP contribution in [0.2, 0.25) is 0 Å². The Labute approximate surface area is 130 Å². The molecule has 0 bridgehead atoms. The van der Waals surface area contributed by atoms with Crippen molar-refractivity contribution < 1.29 is 0 Å². The molecule has 0 aliphatic carbocycles. The van der Waals surface area contributed by atoms with Gasteiger partial charge in [0.25, 0.3) is 0 Å². The smallest absolute Gasteiger partial charge is 0.0276 e. The number of hydrogen-bond acceptors (Lipinski definition) is 0. The molecule has 21 heavy (non-hydrogen) atoms. The second kappa shape index (κ2) is 6.47. The molecule has 0 unspecified atom stereocenters. The molecule has 2 rings (SSSR count). The van der Waals surface area contributed by atoms with Crippen LogP contribution >= 0.6 is 0 Å². The van der Waals surface area contributed by atoms with E-state index in [2.05, 4.69) is 65.8 Å². The maximum Gasteiger partial charge on any atom is -0.0276 e. The second-order valence-electron chi connectivity index (χ2n) is 6.56. The maximum atomic E-state index is 2.36. The van der Waals surface area contributed by atoms with Crippen molar-refractivity contribution in [2.24, 2.45) is 0 Å². The topological polar surface area (TPSA) is 0 Å². The molecule has 0 heteroatoms. The van der Waals surface area contributed by atoms with E-state index in [0.29, 0.717) is 0 Å². The van der Waals surface area contributed by atoms with Crippen LogP contribution in [0.5, 0.6) is 0 Å². The Morgan fingerprint density at radius 3 is 1.10 bits per heavy atom. The molecule has 2 aromatic carbocycles. The van der Waals surface area contributed by atoms with Gasteiger partial charge in [-0.1, -0.05) is 24.3 Å². The van der Waals surface area contributed by atoms with Gasteiger partial charge in [0.15, 0.2) is 0 Å². The molecule has 0 amide bonds. The molecule has 0 aliphatic rings. The number of aryl methyl sites for hydroxylation is 6. The molecule has 0 N–H and O–H groups in total. The van der Waals surface area contributed by atoms with E-state index < -0.39 is 0 Å². The molecule has 0 aliphatic heterocycles. The Morgan fingerprint density at radius 1 is 0.524 bits per heavy atom. The monoisotopic (exact) mass is 280 g/mol. The van der Waals surface area contributed by atoms with Gasteiger partial charge in [-0.15, -0.1) is 0 Å². The van der Waals surface area contributed by atoms with Crippen LogP contribution in [0.1, 0.15) is 50.9 Å². The Hall–Kier alpha value is -1.56. The van der Waals surface area contributed by atoms with Crippen LogP contribution in [0.25, 0.3) is 0 Å². The highest BCUT2D eigenvalue weighted by Crippen LogP contribution is 2.19. The molecule has 2 aromatic rings. The first-order valence-corrected chi connectivity index (χ1v) is 8.02. The summed E-state index contributed by atoms with van der Waals surface area (Å²) < 4.78 is 0. The van der Waals surface area contributed by atoms with Crippen LogP contribution in [-0.2, 0) is 12.8 Å². The summed E-state index contributed by atoms with van der Waals surface area (Å²) in [7, 11) is 0. The Balaban J connectivity index is 2.02. The van der Waals surface area contributed by atoms with Crippen LogP contribution < -0.4 is 0 Å². The summed E-state index contributed by atoms with van der Waals surface area (Å²) in [6, 6.07) is 9.42. The fourth-order valence-electron chi connectivity index (χ4n) is 3.04.